The Morgan fingerprint density at radius 2 is 1.02 bits per heavy atom. The molecular weight excluding hydrogens is 637 g/mol. The number of rotatable bonds is 4. The molecule has 238 valence electrons. The summed E-state index contributed by atoms with van der Waals surface area (Å²) in [5, 5.41) is 6.66. The largest absolute Gasteiger partial charge is 0.309 e. The molecule has 0 radical (unpaired) electrons. The highest BCUT2D eigenvalue weighted by Gasteiger charge is 2.22. The summed E-state index contributed by atoms with van der Waals surface area (Å²) in [6.07, 6.45) is 0. The van der Waals surface area contributed by atoms with Crippen molar-refractivity contribution in [2.45, 2.75) is 0 Å². The van der Waals surface area contributed by atoms with Crippen molar-refractivity contribution >= 4 is 75.1 Å². The highest BCUT2D eigenvalue weighted by Crippen LogP contribution is 2.48. The van der Waals surface area contributed by atoms with Crippen molar-refractivity contribution in [2.75, 3.05) is 0 Å². The Morgan fingerprint density at radius 3 is 1.80 bits per heavy atom. The molecule has 0 fully saturated rings. The van der Waals surface area contributed by atoms with Crippen molar-refractivity contribution in [1.82, 2.24) is 9.13 Å². The normalized spacial score (nSPS) is 13.3. The summed E-state index contributed by atoms with van der Waals surface area (Å²) < 4.78 is 49.7. The summed E-state index contributed by atoms with van der Waals surface area (Å²) in [6, 6.07) is 51.6. The van der Waals surface area contributed by atoms with Gasteiger partial charge in [-0.1, -0.05) is 115 Å². The molecule has 3 heterocycles. The van der Waals surface area contributed by atoms with Gasteiger partial charge in [-0.15, -0.1) is 11.3 Å². The van der Waals surface area contributed by atoms with Gasteiger partial charge in [-0.2, -0.15) is 0 Å². The average molecular weight is 672 g/mol. The molecule has 11 rings (SSSR count). The molecule has 0 aliphatic heterocycles. The summed E-state index contributed by atoms with van der Waals surface area (Å²) in [4.78, 5) is 0. The van der Waals surface area contributed by atoms with Crippen LogP contribution in [0.25, 0.3) is 97.4 Å². The molecule has 8 aromatic carbocycles. The quantitative estimate of drug-likeness (QED) is 0.176. The molecule has 51 heavy (non-hydrogen) atoms. The van der Waals surface area contributed by atoms with E-state index in [1.807, 2.05) is 42.5 Å². The zero-order chi connectivity index (χ0) is 37.8. The van der Waals surface area contributed by atoms with Crippen LogP contribution in [0, 0.1) is 0 Å². The van der Waals surface area contributed by atoms with E-state index in [4.69, 9.17) is 6.85 Å². The van der Waals surface area contributed by atoms with Crippen LogP contribution >= 0.6 is 11.3 Å². The molecule has 0 saturated carbocycles. The standard InChI is InChI=1S/C48H30N2S/c1-4-14-31(15-5-1)32-24-26-44-40(28-32)41-30-38(48-46(37-21-11-13-23-45(37)51-48)47(41)50(44)35-18-8-3-9-19-35)33-25-27-43-39(29-33)36-20-10-12-22-42(36)49(43)34-16-6-2-7-17-34/h1-30H/i1D,4D,5D,14D,15D. The van der Waals surface area contributed by atoms with Gasteiger partial charge < -0.3 is 9.13 Å². The van der Waals surface area contributed by atoms with Crippen LogP contribution in [-0.4, -0.2) is 9.13 Å². The fourth-order valence-corrected chi connectivity index (χ4v) is 9.24. The van der Waals surface area contributed by atoms with Crippen molar-refractivity contribution < 1.29 is 6.85 Å². The van der Waals surface area contributed by atoms with Crippen LogP contribution in [0.3, 0.4) is 0 Å². The monoisotopic (exact) mass is 671 g/mol. The van der Waals surface area contributed by atoms with E-state index in [9.17, 15) is 0 Å². The second-order valence-corrected chi connectivity index (χ2v) is 14.0. The highest BCUT2D eigenvalue weighted by atomic mass is 32.1. The predicted octanol–water partition coefficient (Wildman–Crippen LogP) is 13.6. The Bertz CT molecular complexity index is 3390. The molecule has 0 spiro atoms. The van der Waals surface area contributed by atoms with Crippen LogP contribution in [0.1, 0.15) is 6.85 Å². The Labute approximate surface area is 305 Å². The van der Waals surface area contributed by atoms with Crippen LogP contribution in [0.15, 0.2) is 182 Å². The first-order valence-electron chi connectivity index (χ1n) is 19.5. The van der Waals surface area contributed by atoms with E-state index in [0.29, 0.717) is 5.56 Å². The smallest absolute Gasteiger partial charge is 0.0634 e. The molecule has 2 nitrogen and oxygen atoms in total. The molecule has 0 amide bonds. The molecule has 0 unspecified atom stereocenters. The Morgan fingerprint density at radius 1 is 0.431 bits per heavy atom. The van der Waals surface area contributed by atoms with Gasteiger partial charge in [-0.05, 0) is 83.4 Å². The van der Waals surface area contributed by atoms with Gasteiger partial charge in [0.15, 0.2) is 0 Å². The van der Waals surface area contributed by atoms with Crippen molar-refractivity contribution in [1.29, 1.82) is 0 Å². The van der Waals surface area contributed by atoms with E-state index in [-0.39, 0.29) is 29.7 Å². The van der Waals surface area contributed by atoms with E-state index in [1.165, 1.54) is 25.6 Å². The summed E-state index contributed by atoms with van der Waals surface area (Å²) in [5.41, 5.74) is 9.46. The fourth-order valence-electron chi connectivity index (χ4n) is 7.99. The number of thiophene rings is 1. The highest BCUT2D eigenvalue weighted by molar-refractivity contribution is 7.26. The average Bonchev–Trinajstić information content (AvgIpc) is 3.90. The van der Waals surface area contributed by atoms with Gasteiger partial charge in [0.05, 0.1) is 28.9 Å². The minimum Gasteiger partial charge on any atom is -0.309 e. The van der Waals surface area contributed by atoms with E-state index >= 15 is 0 Å². The summed E-state index contributed by atoms with van der Waals surface area (Å²) in [7, 11) is 0. The maximum atomic E-state index is 8.81. The minimum atomic E-state index is -0.397. The van der Waals surface area contributed by atoms with Crippen molar-refractivity contribution in [3.05, 3.63) is 182 Å². The topological polar surface area (TPSA) is 9.86 Å². The van der Waals surface area contributed by atoms with Gasteiger partial charge in [0.1, 0.15) is 0 Å². The molecule has 3 heteroatoms. The molecule has 11 aromatic rings. The van der Waals surface area contributed by atoms with Crippen LogP contribution in [-0.2, 0) is 0 Å². The molecule has 0 bridgehead atoms. The molecule has 0 aliphatic carbocycles. The second-order valence-electron chi connectivity index (χ2n) is 12.9. The first-order chi connectivity index (χ1) is 27.4. The lowest BCUT2D eigenvalue weighted by molar-refractivity contribution is 1.18. The molecule has 3 aromatic heterocycles. The van der Waals surface area contributed by atoms with E-state index < -0.39 is 6.04 Å². The Hall–Kier alpha value is -6.42. The van der Waals surface area contributed by atoms with Crippen molar-refractivity contribution in [3.63, 3.8) is 0 Å². The minimum absolute atomic E-state index is 0.195. The van der Waals surface area contributed by atoms with E-state index in [2.05, 4.69) is 118 Å². The number of hydrogen-bond acceptors (Lipinski definition) is 1. The number of para-hydroxylation sites is 3. The first kappa shape index (κ1) is 23.9. The van der Waals surface area contributed by atoms with Crippen LogP contribution in [0.5, 0.6) is 0 Å². The van der Waals surface area contributed by atoms with Gasteiger partial charge in [0.25, 0.3) is 0 Å². The molecule has 0 saturated heterocycles. The summed E-state index contributed by atoms with van der Waals surface area (Å²) >= 11 is 1.80. The van der Waals surface area contributed by atoms with Gasteiger partial charge >= 0.3 is 0 Å². The van der Waals surface area contributed by atoms with Gasteiger partial charge in [-0.3, -0.25) is 0 Å². The fraction of sp³-hybridized carbons (Fsp3) is 0. The second kappa shape index (κ2) is 11.0. The van der Waals surface area contributed by atoms with Crippen molar-refractivity contribution in [3.8, 4) is 33.6 Å². The van der Waals surface area contributed by atoms with Crippen LogP contribution in [0.2, 0.25) is 0 Å². The lowest BCUT2D eigenvalue weighted by atomic mass is 9.96. The van der Waals surface area contributed by atoms with Gasteiger partial charge in [0, 0.05) is 58.7 Å². The number of aromatic nitrogens is 2. The lowest BCUT2D eigenvalue weighted by Gasteiger charge is -2.11. The maximum absolute atomic E-state index is 8.81. The number of nitrogens with zero attached hydrogens (tertiary/aromatic N) is 2. The third-order valence-electron chi connectivity index (χ3n) is 10.2. The SMILES string of the molecule is [2H]c1c([2H])c([2H])c(-c2ccc3c(c2)c2cc(-c4ccc5c(c4)c4ccccc4n5-c4ccccc4)c4sc5ccccc5c4c2n3-c2ccccc2)c([2H])c1[2H]. The van der Waals surface area contributed by atoms with Crippen LogP contribution in [0.4, 0.5) is 0 Å². The van der Waals surface area contributed by atoms with Gasteiger partial charge in [-0.25, -0.2) is 0 Å². The van der Waals surface area contributed by atoms with Crippen molar-refractivity contribution in [2.24, 2.45) is 0 Å². The summed E-state index contributed by atoms with van der Waals surface area (Å²) in [5.74, 6) is 0. The third kappa shape index (κ3) is 4.22. The van der Waals surface area contributed by atoms with Crippen LogP contribution < -0.4 is 0 Å². The molecular formula is C48H30N2S. The molecule has 0 aliphatic rings. The van der Waals surface area contributed by atoms with E-state index in [1.54, 1.807) is 11.3 Å². The maximum Gasteiger partial charge on any atom is 0.0634 e. The Kier molecular flexibility index (Phi) is 5.17. The number of hydrogen-bond donors (Lipinski definition) is 0. The zero-order valence-corrected chi connectivity index (χ0v) is 28.1. The first-order valence-corrected chi connectivity index (χ1v) is 17.8. The summed E-state index contributed by atoms with van der Waals surface area (Å²) in [6.45, 7) is 0. The Balaban J connectivity index is 1.28. The molecule has 0 N–H and O–H groups in total. The zero-order valence-electron chi connectivity index (χ0n) is 32.2. The molecule has 0 atom stereocenters. The predicted molar refractivity (Wildman–Crippen MR) is 219 cm³/mol. The number of benzene rings is 8. The lowest BCUT2D eigenvalue weighted by Crippen LogP contribution is -1.94. The third-order valence-corrected chi connectivity index (χ3v) is 11.4. The number of fused-ring (bicyclic) bond motifs is 10. The van der Waals surface area contributed by atoms with Gasteiger partial charge in [0.2, 0.25) is 0 Å². The van der Waals surface area contributed by atoms with E-state index in [0.717, 1.165) is 60.7 Å².